The summed E-state index contributed by atoms with van der Waals surface area (Å²) >= 11 is 0. The number of rotatable bonds is 14. The number of anilines is 2. The zero-order chi connectivity index (χ0) is 58.9. The Labute approximate surface area is 458 Å². The van der Waals surface area contributed by atoms with Gasteiger partial charge in [0.05, 0.1) is 14.2 Å². The van der Waals surface area contributed by atoms with E-state index in [1.54, 1.807) is 48.5 Å². The minimum atomic E-state index is -1.62. The number of amides is 6. The van der Waals surface area contributed by atoms with E-state index in [9.17, 15) is 47.9 Å². The van der Waals surface area contributed by atoms with Gasteiger partial charge < -0.3 is 48.0 Å². The molecule has 2 N–H and O–H groups in total. The van der Waals surface area contributed by atoms with Crippen LogP contribution in [0.4, 0.5) is 21.0 Å². The van der Waals surface area contributed by atoms with Gasteiger partial charge in [-0.05, 0) is 98.6 Å². The Hall–Kier alpha value is -7.26. The summed E-state index contributed by atoms with van der Waals surface area (Å²) in [5.41, 5.74) is 1.66. The van der Waals surface area contributed by atoms with Crippen molar-refractivity contribution < 1.29 is 76.4 Å². The number of cyclic esters (lactones) is 4. The molecule has 3 rings (SSSR count). The van der Waals surface area contributed by atoms with Crippen molar-refractivity contribution in [2.75, 3.05) is 53.0 Å². The predicted octanol–water partition coefficient (Wildman–Crippen LogP) is 6.02. The molecule has 0 saturated carbocycles. The quantitative estimate of drug-likeness (QED) is 0.162. The first-order valence-electron chi connectivity index (χ1n) is 26.3. The molecule has 0 bridgehead atoms. The molecule has 2 aromatic rings. The second-order valence-corrected chi connectivity index (χ2v) is 21.4. The topological polar surface area (TPSA) is 263 Å². The lowest BCUT2D eigenvalue weighted by atomic mass is 10.00. The monoisotopic (exact) mass is 1090 g/mol. The summed E-state index contributed by atoms with van der Waals surface area (Å²) in [5.74, 6) is -8.10. The molecule has 1 aliphatic rings. The number of benzene rings is 2. The maximum Gasteiger partial charge on any atom is 0.411 e. The van der Waals surface area contributed by atoms with Gasteiger partial charge in [0.1, 0.15) is 24.2 Å². The summed E-state index contributed by atoms with van der Waals surface area (Å²) in [5, 5.41) is 5.08. The Balaban J connectivity index is 2.27. The number of carbonyl (C=O) groups excluding carboxylic acids is 10. The number of esters is 4. The molecule has 0 radical (unpaired) electrons. The van der Waals surface area contributed by atoms with Crippen molar-refractivity contribution in [1.29, 1.82) is 0 Å². The Kier molecular flexibility index (Phi) is 25.0. The first-order chi connectivity index (χ1) is 36.5. The van der Waals surface area contributed by atoms with Crippen molar-refractivity contribution in [1.82, 2.24) is 19.6 Å². The van der Waals surface area contributed by atoms with E-state index in [0.717, 1.165) is 19.6 Å². The Morgan fingerprint density at radius 1 is 0.436 bits per heavy atom. The highest BCUT2D eigenvalue weighted by Gasteiger charge is 2.43. The van der Waals surface area contributed by atoms with Gasteiger partial charge in [-0.15, -0.1) is 0 Å². The maximum absolute atomic E-state index is 14.9. The molecule has 0 aliphatic carbocycles. The van der Waals surface area contributed by atoms with Crippen molar-refractivity contribution in [2.45, 2.75) is 156 Å². The number of nitrogens with zero attached hydrogens (tertiary/aromatic N) is 4. The maximum atomic E-state index is 14.9. The third kappa shape index (κ3) is 19.0. The predicted molar refractivity (Wildman–Crippen MR) is 287 cm³/mol. The zero-order valence-corrected chi connectivity index (χ0v) is 48.1. The molecule has 0 unspecified atom stereocenters. The smallest absolute Gasteiger partial charge is 0.411 e. The lowest BCUT2D eigenvalue weighted by molar-refractivity contribution is -0.176. The summed E-state index contributed by atoms with van der Waals surface area (Å²) in [6, 6.07) is 7.18. The molecule has 0 spiro atoms. The molecule has 1 heterocycles. The van der Waals surface area contributed by atoms with Crippen LogP contribution in [0.2, 0.25) is 0 Å². The van der Waals surface area contributed by atoms with Crippen LogP contribution in [0.15, 0.2) is 48.5 Å². The van der Waals surface area contributed by atoms with Gasteiger partial charge in [0.2, 0.25) is 0 Å². The molecule has 2 aromatic carbocycles. The number of likely N-dealkylation sites (N-methyl/N-ethyl adjacent to an activating group) is 4. The van der Waals surface area contributed by atoms with Crippen molar-refractivity contribution in [3.63, 3.8) is 0 Å². The van der Waals surface area contributed by atoms with E-state index >= 15 is 0 Å². The van der Waals surface area contributed by atoms with Gasteiger partial charge >= 0.3 is 36.1 Å². The molecule has 0 aromatic heterocycles. The van der Waals surface area contributed by atoms with Crippen molar-refractivity contribution in [3.8, 4) is 0 Å². The summed E-state index contributed by atoms with van der Waals surface area (Å²) in [4.78, 5) is 145. The molecule has 1 saturated heterocycles. The van der Waals surface area contributed by atoms with Crippen LogP contribution in [-0.4, -0.2) is 170 Å². The van der Waals surface area contributed by atoms with E-state index in [-0.39, 0.29) is 62.2 Å². The van der Waals surface area contributed by atoms with E-state index in [1.165, 1.54) is 56.3 Å². The first kappa shape index (κ1) is 65.0. The number of carbonyl (C=O) groups is 10. The highest BCUT2D eigenvalue weighted by atomic mass is 16.6. The van der Waals surface area contributed by atoms with E-state index in [4.69, 9.17) is 18.9 Å². The highest BCUT2D eigenvalue weighted by Crippen LogP contribution is 2.25. The molecule has 432 valence electrons. The summed E-state index contributed by atoms with van der Waals surface area (Å²) in [7, 11) is 7.76. The van der Waals surface area contributed by atoms with E-state index in [2.05, 4.69) is 20.1 Å². The largest absolute Gasteiger partial charge is 0.453 e. The molecular formula is C56H82N6O16. The summed E-state index contributed by atoms with van der Waals surface area (Å²) in [6.07, 6.45) is -8.09. The molecule has 78 heavy (non-hydrogen) atoms. The van der Waals surface area contributed by atoms with Crippen molar-refractivity contribution >= 4 is 71.1 Å². The summed E-state index contributed by atoms with van der Waals surface area (Å²) < 4.78 is 33.2. The van der Waals surface area contributed by atoms with Crippen LogP contribution in [0.1, 0.15) is 106 Å². The van der Waals surface area contributed by atoms with Crippen molar-refractivity contribution in [2.24, 2.45) is 23.7 Å². The Morgan fingerprint density at radius 3 is 0.923 bits per heavy atom. The van der Waals surface area contributed by atoms with Crippen LogP contribution < -0.4 is 10.6 Å². The molecule has 8 atom stereocenters. The second-order valence-electron chi connectivity index (χ2n) is 21.4. The van der Waals surface area contributed by atoms with Crippen molar-refractivity contribution in [3.05, 3.63) is 59.7 Å². The third-order valence-electron chi connectivity index (χ3n) is 13.1. The SMILES string of the molecule is COC(=O)Nc1ccc(C[C@H]2OC(=O)[C@H](CC(C)C)N(C)C(=O)[C@@H](C)OC(=O)[C@H](CC(C)C)N(C)C(=O)[C@@H](Cc3ccc(NC(=O)OC)cc3)OC(=O)[C@H](CC(C)C)N(C)C(=O)[C@@H](C)OC(=O)[C@H](CC(C)C)N(C)C2=O)cc1. The van der Waals surface area contributed by atoms with Gasteiger partial charge in [-0.3, -0.25) is 29.8 Å². The number of methoxy groups -OCH3 is 2. The Bertz CT molecular complexity index is 2230. The lowest BCUT2D eigenvalue weighted by Crippen LogP contribution is -2.55. The minimum Gasteiger partial charge on any atom is -0.453 e. The fraction of sp³-hybridized carbons (Fsp3) is 0.607. The Morgan fingerprint density at radius 2 is 0.679 bits per heavy atom. The fourth-order valence-electron chi connectivity index (χ4n) is 8.69. The first-order valence-corrected chi connectivity index (χ1v) is 26.3. The van der Waals surface area contributed by atoms with Gasteiger partial charge in [-0.1, -0.05) is 79.7 Å². The molecule has 1 fully saturated rings. The van der Waals surface area contributed by atoms with Crippen LogP contribution in [0.25, 0.3) is 0 Å². The molecular weight excluding hydrogens is 1010 g/mol. The molecule has 1 aliphatic heterocycles. The van der Waals surface area contributed by atoms with Gasteiger partial charge in [-0.2, -0.15) is 0 Å². The van der Waals surface area contributed by atoms with Crippen LogP contribution in [-0.2, 0) is 79.6 Å². The molecule has 22 nitrogen and oxygen atoms in total. The van der Waals surface area contributed by atoms with E-state index in [1.807, 2.05) is 55.4 Å². The molecule has 22 heteroatoms. The van der Waals surface area contributed by atoms with Crippen LogP contribution in [0.3, 0.4) is 0 Å². The average molecular weight is 1100 g/mol. The van der Waals surface area contributed by atoms with E-state index < -0.39 is 108 Å². The fourth-order valence-corrected chi connectivity index (χ4v) is 8.69. The number of hydrogen-bond donors (Lipinski definition) is 2. The van der Waals surface area contributed by atoms with Gasteiger partial charge in [0.25, 0.3) is 23.6 Å². The minimum absolute atomic E-state index is 0.0327. The average Bonchev–Trinajstić information content (AvgIpc) is 3.39. The number of nitrogens with one attached hydrogen (secondary N) is 2. The van der Waals surface area contributed by atoms with E-state index in [0.29, 0.717) is 22.5 Å². The standard InChI is InChI=1S/C56H82N6O16/c1-31(2)25-41-51(67)75-35(9)47(63)59(11)44(28-34(7)8)54(70)78-46(30-38-19-23-40(24-20-38)58-56(72)74-16)50(66)62(14)42(26-32(3)4)52(68)76-36(10)48(64)60(12)43(27-33(5)6)53(69)77-45(49(65)61(41)13)29-37-17-21-39(22-18-37)57-55(71)73-15/h17-24,31-36,41-46H,25-30H2,1-16H3,(H,57,71)(H,58,72)/t35-,36-,41+,42+,43+,44+,45-,46-/m1/s1. The lowest BCUT2D eigenvalue weighted by Gasteiger charge is -2.35. The van der Waals surface area contributed by atoms with Crippen LogP contribution in [0.5, 0.6) is 0 Å². The molecule has 6 amide bonds. The number of ether oxygens (including phenoxy) is 6. The van der Waals surface area contributed by atoms with Gasteiger partial charge in [0, 0.05) is 52.4 Å². The third-order valence-corrected chi connectivity index (χ3v) is 13.1. The van der Waals surface area contributed by atoms with Crippen LogP contribution in [0, 0.1) is 23.7 Å². The van der Waals surface area contributed by atoms with Gasteiger partial charge in [0.15, 0.2) is 24.4 Å². The zero-order valence-electron chi connectivity index (χ0n) is 48.1. The second kappa shape index (κ2) is 30.0. The van der Waals surface area contributed by atoms with Crippen LogP contribution >= 0.6 is 0 Å². The highest BCUT2D eigenvalue weighted by molar-refractivity contribution is 5.95. The summed E-state index contributed by atoms with van der Waals surface area (Å²) in [6.45, 7) is 17.1. The number of hydrogen-bond acceptors (Lipinski definition) is 16. The normalized spacial score (nSPS) is 23.2. The van der Waals surface area contributed by atoms with Gasteiger partial charge in [-0.25, -0.2) is 28.8 Å².